The second-order valence-corrected chi connectivity index (χ2v) is 3.21. The zero-order valence-electron chi connectivity index (χ0n) is 7.97. The zero-order valence-corrected chi connectivity index (χ0v) is 8.72. The lowest BCUT2D eigenvalue weighted by atomic mass is 10.1. The first-order chi connectivity index (χ1) is 7.04. The molecule has 5 heteroatoms. The van der Waals surface area contributed by atoms with Crippen LogP contribution in [0.1, 0.15) is 23.7 Å². The van der Waals surface area contributed by atoms with Crippen molar-refractivity contribution in [3.05, 3.63) is 28.8 Å². The molecule has 1 aromatic carbocycles. The normalized spacial score (nSPS) is 10.5. The minimum absolute atomic E-state index is 0.0583. The maximum absolute atomic E-state index is 11.9. The summed E-state index contributed by atoms with van der Waals surface area (Å²) in [6, 6.07) is 4.06. The molecule has 0 aliphatic rings. The molecular weight excluding hydrogens is 226 g/mol. The number of rotatable bonds is 4. The van der Waals surface area contributed by atoms with Gasteiger partial charge >= 0.3 is 6.61 Å². The van der Waals surface area contributed by atoms with Crippen molar-refractivity contribution in [3.63, 3.8) is 0 Å². The first-order valence-electron chi connectivity index (χ1n) is 4.32. The molecule has 0 unspecified atom stereocenters. The average Bonchev–Trinajstić information content (AvgIpc) is 2.19. The van der Waals surface area contributed by atoms with Crippen molar-refractivity contribution in [2.75, 3.05) is 0 Å². The van der Waals surface area contributed by atoms with E-state index >= 15 is 0 Å². The van der Waals surface area contributed by atoms with Crippen LogP contribution in [0.5, 0.6) is 5.75 Å². The van der Waals surface area contributed by atoms with E-state index in [0.29, 0.717) is 12.0 Å². The predicted octanol–water partition coefficient (Wildman–Crippen LogP) is 3.53. The Labute approximate surface area is 90.8 Å². The highest BCUT2D eigenvalue weighted by molar-refractivity contribution is 6.32. The van der Waals surface area contributed by atoms with Crippen LogP contribution in [0.25, 0.3) is 0 Å². The van der Waals surface area contributed by atoms with Crippen LogP contribution >= 0.6 is 11.6 Å². The summed E-state index contributed by atoms with van der Waals surface area (Å²) in [5.41, 5.74) is 0.317. The van der Waals surface area contributed by atoms with Crippen LogP contribution in [-0.2, 0) is 0 Å². The van der Waals surface area contributed by atoms with Crippen molar-refractivity contribution in [3.8, 4) is 5.75 Å². The Kier molecular flexibility index (Phi) is 4.03. The van der Waals surface area contributed by atoms with Crippen LogP contribution in [0.4, 0.5) is 8.78 Å². The lowest BCUT2D eigenvalue weighted by Crippen LogP contribution is -2.04. The van der Waals surface area contributed by atoms with Gasteiger partial charge in [0.2, 0.25) is 0 Å². The molecule has 1 aromatic rings. The Balaban J connectivity index is 2.99. The third-order valence-electron chi connectivity index (χ3n) is 1.79. The summed E-state index contributed by atoms with van der Waals surface area (Å²) in [6.07, 6.45) is 0.301. The van der Waals surface area contributed by atoms with Gasteiger partial charge in [-0.15, -0.1) is 0 Å². The lowest BCUT2D eigenvalue weighted by Gasteiger charge is -2.07. The van der Waals surface area contributed by atoms with Gasteiger partial charge in [-0.25, -0.2) is 0 Å². The van der Waals surface area contributed by atoms with Gasteiger partial charge < -0.3 is 4.74 Å². The van der Waals surface area contributed by atoms with Gasteiger partial charge in [-0.1, -0.05) is 18.5 Å². The fraction of sp³-hybridized carbons (Fsp3) is 0.300. The molecule has 0 atom stereocenters. The molecule has 82 valence electrons. The van der Waals surface area contributed by atoms with E-state index in [1.165, 1.54) is 18.2 Å². The number of carbonyl (C=O) groups excluding carboxylic acids is 1. The highest BCUT2D eigenvalue weighted by Crippen LogP contribution is 2.27. The Morgan fingerprint density at radius 3 is 2.73 bits per heavy atom. The van der Waals surface area contributed by atoms with E-state index in [9.17, 15) is 13.6 Å². The SMILES string of the molecule is CCC(=O)c1ccc(Cl)c(OC(F)F)c1. The summed E-state index contributed by atoms with van der Waals surface area (Å²) in [7, 11) is 0. The number of alkyl halides is 2. The molecule has 0 fully saturated rings. The molecule has 0 amide bonds. The van der Waals surface area contributed by atoms with E-state index < -0.39 is 6.61 Å². The van der Waals surface area contributed by atoms with E-state index in [0.717, 1.165) is 0 Å². The molecule has 2 nitrogen and oxygen atoms in total. The Bertz CT molecular complexity index is 366. The molecule has 0 heterocycles. The Morgan fingerprint density at radius 2 is 2.20 bits per heavy atom. The van der Waals surface area contributed by atoms with Crippen molar-refractivity contribution in [1.82, 2.24) is 0 Å². The minimum atomic E-state index is -2.95. The monoisotopic (exact) mass is 234 g/mol. The van der Waals surface area contributed by atoms with E-state index in [1.807, 2.05) is 0 Å². The standard InChI is InChI=1S/C10H9ClF2O2/c1-2-8(14)6-3-4-7(11)9(5-6)15-10(12)13/h3-5,10H,2H2,1H3. The van der Waals surface area contributed by atoms with Gasteiger partial charge in [0.05, 0.1) is 5.02 Å². The topological polar surface area (TPSA) is 26.3 Å². The van der Waals surface area contributed by atoms with E-state index in [4.69, 9.17) is 11.6 Å². The number of hydrogen-bond donors (Lipinski definition) is 0. The number of ether oxygens (including phenoxy) is 1. The summed E-state index contributed by atoms with van der Waals surface area (Å²) in [6.45, 7) is -1.26. The quantitative estimate of drug-likeness (QED) is 0.745. The van der Waals surface area contributed by atoms with Crippen molar-refractivity contribution in [2.45, 2.75) is 20.0 Å². The maximum Gasteiger partial charge on any atom is 0.387 e. The first kappa shape index (κ1) is 11.9. The van der Waals surface area contributed by atoms with Crippen LogP contribution in [0.3, 0.4) is 0 Å². The van der Waals surface area contributed by atoms with Crippen molar-refractivity contribution in [2.24, 2.45) is 0 Å². The van der Waals surface area contributed by atoms with Gasteiger partial charge in [0, 0.05) is 12.0 Å². The second-order valence-electron chi connectivity index (χ2n) is 2.80. The number of halogens is 3. The van der Waals surface area contributed by atoms with E-state index in [-0.39, 0.29) is 16.6 Å². The number of hydrogen-bond acceptors (Lipinski definition) is 2. The molecule has 1 rings (SSSR count). The molecule has 0 spiro atoms. The molecule has 0 aliphatic heterocycles. The molecule has 0 radical (unpaired) electrons. The molecule has 15 heavy (non-hydrogen) atoms. The van der Waals surface area contributed by atoms with Gasteiger partial charge in [0.1, 0.15) is 5.75 Å². The largest absolute Gasteiger partial charge is 0.433 e. The summed E-state index contributed by atoms with van der Waals surface area (Å²) < 4.78 is 28.1. The molecule has 0 aromatic heterocycles. The van der Waals surface area contributed by atoms with Gasteiger partial charge in [-0.2, -0.15) is 8.78 Å². The predicted molar refractivity (Wildman–Crippen MR) is 52.7 cm³/mol. The van der Waals surface area contributed by atoms with Crippen LogP contribution < -0.4 is 4.74 Å². The van der Waals surface area contributed by atoms with Crippen molar-refractivity contribution in [1.29, 1.82) is 0 Å². The van der Waals surface area contributed by atoms with Gasteiger partial charge in [-0.05, 0) is 18.2 Å². The van der Waals surface area contributed by atoms with Crippen molar-refractivity contribution >= 4 is 17.4 Å². The molecule has 0 aliphatic carbocycles. The highest BCUT2D eigenvalue weighted by atomic mass is 35.5. The van der Waals surface area contributed by atoms with Gasteiger partial charge in [0.15, 0.2) is 5.78 Å². The summed E-state index contributed by atoms with van der Waals surface area (Å²) in [4.78, 5) is 11.3. The maximum atomic E-state index is 11.9. The average molecular weight is 235 g/mol. The third-order valence-corrected chi connectivity index (χ3v) is 2.10. The molecule has 0 N–H and O–H groups in total. The Hall–Kier alpha value is -1.16. The molecule has 0 saturated carbocycles. The minimum Gasteiger partial charge on any atom is -0.433 e. The number of ketones is 1. The first-order valence-corrected chi connectivity index (χ1v) is 4.70. The van der Waals surface area contributed by atoms with Crippen LogP contribution in [0, 0.1) is 0 Å². The van der Waals surface area contributed by atoms with Crippen LogP contribution in [-0.4, -0.2) is 12.4 Å². The highest BCUT2D eigenvalue weighted by Gasteiger charge is 2.11. The number of carbonyl (C=O) groups is 1. The molecule has 0 bridgehead atoms. The van der Waals surface area contributed by atoms with Gasteiger partial charge in [0.25, 0.3) is 0 Å². The van der Waals surface area contributed by atoms with Crippen LogP contribution in [0.15, 0.2) is 18.2 Å². The fourth-order valence-corrected chi connectivity index (χ4v) is 1.23. The fourth-order valence-electron chi connectivity index (χ4n) is 1.07. The zero-order chi connectivity index (χ0) is 11.4. The van der Waals surface area contributed by atoms with E-state index in [1.54, 1.807) is 6.92 Å². The van der Waals surface area contributed by atoms with Crippen LogP contribution in [0.2, 0.25) is 5.02 Å². The Morgan fingerprint density at radius 1 is 1.53 bits per heavy atom. The smallest absolute Gasteiger partial charge is 0.387 e. The number of Topliss-reactive ketones (excluding diaryl/α,β-unsaturated/α-hetero) is 1. The van der Waals surface area contributed by atoms with Crippen molar-refractivity contribution < 1.29 is 18.3 Å². The lowest BCUT2D eigenvalue weighted by molar-refractivity contribution is -0.0498. The summed E-state index contributed by atoms with van der Waals surface area (Å²) >= 11 is 5.62. The molecular formula is C10H9ClF2O2. The number of benzene rings is 1. The van der Waals surface area contributed by atoms with Gasteiger partial charge in [-0.3, -0.25) is 4.79 Å². The second kappa shape index (κ2) is 5.07. The van der Waals surface area contributed by atoms with E-state index in [2.05, 4.69) is 4.74 Å². The summed E-state index contributed by atoms with van der Waals surface area (Å²) in [5, 5.41) is 0.0583. The third kappa shape index (κ3) is 3.16. The summed E-state index contributed by atoms with van der Waals surface area (Å²) in [5.74, 6) is -0.322. The molecule has 0 saturated heterocycles.